The molecule has 2 aromatic heterocycles. The summed E-state index contributed by atoms with van der Waals surface area (Å²) in [6.07, 6.45) is -2.99. The summed E-state index contributed by atoms with van der Waals surface area (Å²) < 4.78 is 51.6. The van der Waals surface area contributed by atoms with Gasteiger partial charge in [0.2, 0.25) is 0 Å². The highest BCUT2D eigenvalue weighted by atomic mass is 19.4. The van der Waals surface area contributed by atoms with Gasteiger partial charge in [0, 0.05) is 22.8 Å². The van der Waals surface area contributed by atoms with E-state index in [4.69, 9.17) is 9.47 Å². The Balaban J connectivity index is 1.42. The number of ether oxygens (including phenoxy) is 2. The summed E-state index contributed by atoms with van der Waals surface area (Å²) in [7, 11) is 0. The first-order valence-electron chi connectivity index (χ1n) is 12.3. The number of rotatable bonds is 6. The van der Waals surface area contributed by atoms with Crippen LogP contribution in [0.25, 0.3) is 22.3 Å². The van der Waals surface area contributed by atoms with Gasteiger partial charge in [-0.2, -0.15) is 18.3 Å². The Kier molecular flexibility index (Phi) is 7.00. The highest BCUT2D eigenvalue weighted by Gasteiger charge is 2.32. The van der Waals surface area contributed by atoms with Gasteiger partial charge >= 0.3 is 6.18 Å². The number of hydrogen-bond donors (Lipinski definition) is 1. The number of aliphatic hydroxyl groups excluding tert-OH is 1. The lowest BCUT2D eigenvalue weighted by Crippen LogP contribution is -2.35. The molecule has 9 nitrogen and oxygen atoms in total. The highest BCUT2D eigenvalue weighted by Crippen LogP contribution is 2.33. The van der Waals surface area contributed by atoms with E-state index in [2.05, 4.69) is 15.1 Å². The number of carbonyl (C=O) groups is 1. The number of aliphatic hydroxyl groups is 1. The molecule has 0 saturated carbocycles. The minimum absolute atomic E-state index is 0.0435. The number of aromatic nitrogens is 4. The van der Waals surface area contributed by atoms with Crippen molar-refractivity contribution in [3.8, 4) is 17.1 Å². The molecule has 1 unspecified atom stereocenters. The molecule has 1 aliphatic rings. The number of amides is 1. The Bertz CT molecular complexity index is 1540. The van der Waals surface area contributed by atoms with Crippen molar-refractivity contribution in [3.05, 3.63) is 65.6 Å². The minimum Gasteiger partial charge on any atom is -0.488 e. The zero-order chi connectivity index (χ0) is 27.9. The maximum Gasteiger partial charge on any atom is 0.416 e. The fraction of sp³-hybridized carbons (Fsp3) is 0.333. The van der Waals surface area contributed by atoms with E-state index >= 15 is 0 Å². The molecule has 39 heavy (non-hydrogen) atoms. The van der Waals surface area contributed by atoms with Crippen molar-refractivity contribution >= 4 is 22.5 Å². The van der Waals surface area contributed by atoms with Crippen LogP contribution >= 0.6 is 0 Å². The summed E-state index contributed by atoms with van der Waals surface area (Å²) in [6, 6.07) is 8.68. The molecule has 5 rings (SSSR count). The lowest BCUT2D eigenvalue weighted by atomic mass is 10.1. The van der Waals surface area contributed by atoms with Gasteiger partial charge in [-0.1, -0.05) is 0 Å². The Morgan fingerprint density at radius 3 is 2.67 bits per heavy atom. The van der Waals surface area contributed by atoms with Crippen molar-refractivity contribution in [2.75, 3.05) is 18.1 Å². The number of hydrogen-bond acceptors (Lipinski definition) is 7. The van der Waals surface area contributed by atoms with Crippen LogP contribution in [0.2, 0.25) is 0 Å². The topological polar surface area (TPSA) is 103 Å². The number of alkyl halides is 3. The second kappa shape index (κ2) is 10.3. The van der Waals surface area contributed by atoms with Crippen LogP contribution in [0.3, 0.4) is 0 Å². The van der Waals surface area contributed by atoms with Gasteiger partial charge in [0.05, 0.1) is 36.5 Å². The fourth-order valence-corrected chi connectivity index (χ4v) is 4.49. The molecule has 2 aromatic carbocycles. The summed E-state index contributed by atoms with van der Waals surface area (Å²) in [6.45, 7) is 5.91. The van der Waals surface area contributed by atoms with E-state index < -0.39 is 18.0 Å². The van der Waals surface area contributed by atoms with Crippen LogP contribution in [0.4, 0.5) is 18.9 Å². The lowest BCUT2D eigenvalue weighted by molar-refractivity contribution is -0.137. The molecule has 0 radical (unpaired) electrons. The third-order valence-electron chi connectivity index (χ3n) is 6.24. The van der Waals surface area contributed by atoms with E-state index in [0.29, 0.717) is 28.3 Å². The van der Waals surface area contributed by atoms with E-state index in [1.807, 2.05) is 13.0 Å². The molecular weight excluding hydrogens is 515 g/mol. The van der Waals surface area contributed by atoms with Crippen molar-refractivity contribution < 1.29 is 32.5 Å². The molecule has 0 aliphatic carbocycles. The molecule has 1 amide bonds. The predicted octanol–water partition coefficient (Wildman–Crippen LogP) is 4.60. The molecule has 0 spiro atoms. The van der Waals surface area contributed by atoms with Crippen LogP contribution in [0.5, 0.6) is 5.75 Å². The minimum atomic E-state index is -4.45. The standard InChI is InChI=1S/C27H26F3N5O4/c1-15(2)39-23(36)14-35-24-22(13-32-35)38-9-8-34(26(24)37)21-7-4-17(10-16(21)3)25-31-12-18-11-19(27(28,29)30)5-6-20(18)33-25/h4-7,10-13,15,23,36H,8-9,14H2,1-3H3. The average molecular weight is 542 g/mol. The van der Waals surface area contributed by atoms with E-state index in [0.717, 1.165) is 17.7 Å². The number of carbonyl (C=O) groups excluding carboxylic acids is 1. The second-order valence-electron chi connectivity index (χ2n) is 9.45. The Labute approximate surface area is 221 Å². The maximum absolute atomic E-state index is 13.6. The van der Waals surface area contributed by atoms with Crippen LogP contribution in [0.1, 0.15) is 35.5 Å². The fourth-order valence-electron chi connectivity index (χ4n) is 4.49. The quantitative estimate of drug-likeness (QED) is 0.356. The molecule has 3 heterocycles. The second-order valence-corrected chi connectivity index (χ2v) is 9.45. The third kappa shape index (κ3) is 5.43. The van der Waals surface area contributed by atoms with Crippen molar-refractivity contribution in [1.82, 2.24) is 19.7 Å². The van der Waals surface area contributed by atoms with Gasteiger partial charge in [0.25, 0.3) is 5.91 Å². The molecular formula is C27H26F3N5O4. The monoisotopic (exact) mass is 541 g/mol. The van der Waals surface area contributed by atoms with Gasteiger partial charge in [0.15, 0.2) is 23.6 Å². The molecule has 204 valence electrons. The van der Waals surface area contributed by atoms with Crippen molar-refractivity contribution in [3.63, 3.8) is 0 Å². The number of nitrogens with zero attached hydrogens (tertiary/aromatic N) is 5. The zero-order valence-corrected chi connectivity index (χ0v) is 21.4. The number of halogens is 3. The summed E-state index contributed by atoms with van der Waals surface area (Å²) in [5.41, 5.74) is 1.88. The van der Waals surface area contributed by atoms with Crippen LogP contribution in [-0.4, -0.2) is 56.3 Å². The number of benzene rings is 2. The van der Waals surface area contributed by atoms with Gasteiger partial charge in [-0.05, 0) is 62.7 Å². The number of fused-ring (bicyclic) bond motifs is 2. The third-order valence-corrected chi connectivity index (χ3v) is 6.24. The SMILES string of the molecule is Cc1cc(-c2ncc3cc(C(F)(F)F)ccc3n2)ccc1N1CCOc2cnn(CC(O)OC(C)C)c2C1=O. The molecule has 12 heteroatoms. The van der Waals surface area contributed by atoms with E-state index in [1.165, 1.54) is 23.1 Å². The highest BCUT2D eigenvalue weighted by molar-refractivity contribution is 6.07. The zero-order valence-electron chi connectivity index (χ0n) is 21.4. The van der Waals surface area contributed by atoms with Crippen molar-refractivity contribution in [1.29, 1.82) is 0 Å². The number of anilines is 1. The molecule has 0 saturated heterocycles. The van der Waals surface area contributed by atoms with Crippen LogP contribution < -0.4 is 9.64 Å². The first-order valence-corrected chi connectivity index (χ1v) is 12.3. The summed E-state index contributed by atoms with van der Waals surface area (Å²) >= 11 is 0. The molecule has 1 N–H and O–H groups in total. The largest absolute Gasteiger partial charge is 0.488 e. The van der Waals surface area contributed by atoms with E-state index in [9.17, 15) is 23.1 Å². The van der Waals surface area contributed by atoms with E-state index in [-0.39, 0.29) is 42.8 Å². The first kappa shape index (κ1) is 26.6. The van der Waals surface area contributed by atoms with Gasteiger partial charge in [-0.15, -0.1) is 0 Å². The Hall–Kier alpha value is -4.03. The summed E-state index contributed by atoms with van der Waals surface area (Å²) in [5.74, 6) is 0.337. The van der Waals surface area contributed by atoms with Gasteiger partial charge < -0.3 is 19.5 Å². The van der Waals surface area contributed by atoms with Crippen LogP contribution in [-0.2, 0) is 17.5 Å². The molecule has 0 bridgehead atoms. The van der Waals surface area contributed by atoms with Crippen molar-refractivity contribution in [2.24, 2.45) is 0 Å². The van der Waals surface area contributed by atoms with Crippen LogP contribution in [0, 0.1) is 6.92 Å². The van der Waals surface area contributed by atoms with Gasteiger partial charge in [-0.25, -0.2) is 9.97 Å². The van der Waals surface area contributed by atoms with E-state index in [1.54, 1.807) is 30.9 Å². The first-order chi connectivity index (χ1) is 18.5. The number of aryl methyl sites for hydroxylation is 1. The molecule has 1 atom stereocenters. The summed E-state index contributed by atoms with van der Waals surface area (Å²) in [4.78, 5) is 23.9. The van der Waals surface area contributed by atoms with Crippen molar-refractivity contribution in [2.45, 2.75) is 45.9 Å². The maximum atomic E-state index is 13.6. The normalized spacial score (nSPS) is 14.9. The molecule has 0 fully saturated rings. The predicted molar refractivity (Wildman–Crippen MR) is 136 cm³/mol. The van der Waals surface area contributed by atoms with Gasteiger partial charge in [-0.3, -0.25) is 9.48 Å². The lowest BCUT2D eigenvalue weighted by Gasteiger charge is -2.23. The average Bonchev–Trinajstić information content (AvgIpc) is 3.18. The van der Waals surface area contributed by atoms with Crippen LogP contribution in [0.15, 0.2) is 48.8 Å². The Morgan fingerprint density at radius 1 is 1.15 bits per heavy atom. The molecule has 4 aromatic rings. The smallest absolute Gasteiger partial charge is 0.416 e. The Morgan fingerprint density at radius 2 is 1.95 bits per heavy atom. The summed E-state index contributed by atoms with van der Waals surface area (Å²) in [5, 5.41) is 14.7. The van der Waals surface area contributed by atoms with Gasteiger partial charge in [0.1, 0.15) is 6.61 Å². The molecule has 1 aliphatic heterocycles.